The molecule has 0 aliphatic carbocycles. The van der Waals surface area contributed by atoms with Crippen molar-refractivity contribution in [2.24, 2.45) is 12.9 Å². The van der Waals surface area contributed by atoms with E-state index >= 15 is 0 Å². The molecule has 1 aromatic carbocycles. The normalized spacial score (nSPS) is 11.7. The number of hydrazine groups is 1. The van der Waals surface area contributed by atoms with E-state index < -0.39 is 11.7 Å². The molecule has 23 heavy (non-hydrogen) atoms. The lowest BCUT2D eigenvalue weighted by Gasteiger charge is -2.10. The van der Waals surface area contributed by atoms with Gasteiger partial charge in [0.05, 0.1) is 11.9 Å². The number of nitrogen functional groups attached to an aromatic ring is 1. The first-order chi connectivity index (χ1) is 10.9. The van der Waals surface area contributed by atoms with Gasteiger partial charge >= 0.3 is 6.18 Å². The molecular formula is C13H12F3N7. The average Bonchev–Trinajstić information content (AvgIpc) is 2.88. The number of aromatic nitrogens is 4. The third-order valence-corrected chi connectivity index (χ3v) is 3.16. The van der Waals surface area contributed by atoms with Crippen LogP contribution in [0.1, 0.15) is 5.56 Å². The van der Waals surface area contributed by atoms with Crippen molar-refractivity contribution in [3.05, 3.63) is 36.2 Å². The number of alkyl halides is 3. The number of aryl methyl sites for hydroxylation is 1. The quantitative estimate of drug-likeness (QED) is 0.506. The van der Waals surface area contributed by atoms with Crippen LogP contribution in [-0.2, 0) is 13.2 Å². The van der Waals surface area contributed by atoms with E-state index in [1.54, 1.807) is 17.9 Å². The summed E-state index contributed by atoms with van der Waals surface area (Å²) in [6, 6.07) is 4.60. The third-order valence-electron chi connectivity index (χ3n) is 3.16. The molecule has 0 amide bonds. The first-order valence-electron chi connectivity index (χ1n) is 6.48. The van der Waals surface area contributed by atoms with Crippen LogP contribution in [0.15, 0.2) is 30.6 Å². The summed E-state index contributed by atoms with van der Waals surface area (Å²) < 4.78 is 39.4. The molecule has 7 nitrogen and oxygen atoms in total. The zero-order valence-electron chi connectivity index (χ0n) is 11.9. The molecular weight excluding hydrogens is 311 g/mol. The van der Waals surface area contributed by atoms with Crippen molar-refractivity contribution >= 4 is 28.6 Å². The van der Waals surface area contributed by atoms with E-state index in [0.717, 1.165) is 12.1 Å². The smallest absolute Gasteiger partial charge is 0.338 e. The van der Waals surface area contributed by atoms with Gasteiger partial charge in [-0.25, -0.2) is 10.8 Å². The van der Waals surface area contributed by atoms with Crippen LogP contribution in [0.2, 0.25) is 0 Å². The number of benzene rings is 1. The minimum absolute atomic E-state index is 0.163. The van der Waals surface area contributed by atoms with Gasteiger partial charge in [0.2, 0.25) is 5.95 Å². The second kappa shape index (κ2) is 5.39. The Kier molecular flexibility index (Phi) is 3.52. The Morgan fingerprint density at radius 1 is 1.13 bits per heavy atom. The van der Waals surface area contributed by atoms with Crippen LogP contribution >= 0.6 is 0 Å². The molecule has 3 aromatic rings. The van der Waals surface area contributed by atoms with Gasteiger partial charge in [-0.05, 0) is 24.3 Å². The lowest BCUT2D eigenvalue weighted by Crippen LogP contribution is -2.12. The van der Waals surface area contributed by atoms with E-state index in [2.05, 4.69) is 25.7 Å². The van der Waals surface area contributed by atoms with E-state index in [0.29, 0.717) is 22.7 Å². The lowest BCUT2D eigenvalue weighted by molar-refractivity contribution is -0.137. The molecule has 2 heterocycles. The molecule has 10 heteroatoms. The van der Waals surface area contributed by atoms with Crippen molar-refractivity contribution in [3.63, 3.8) is 0 Å². The fourth-order valence-electron chi connectivity index (χ4n) is 2.04. The van der Waals surface area contributed by atoms with Gasteiger partial charge < -0.3 is 9.88 Å². The highest BCUT2D eigenvalue weighted by molar-refractivity contribution is 5.86. The molecule has 0 aliphatic heterocycles. The van der Waals surface area contributed by atoms with Gasteiger partial charge in [-0.2, -0.15) is 23.1 Å². The van der Waals surface area contributed by atoms with Crippen molar-refractivity contribution < 1.29 is 13.2 Å². The van der Waals surface area contributed by atoms with Crippen molar-refractivity contribution in [2.45, 2.75) is 6.18 Å². The number of rotatable bonds is 3. The number of nitrogens with one attached hydrogen (secondary N) is 2. The molecule has 0 atom stereocenters. The van der Waals surface area contributed by atoms with Gasteiger partial charge in [-0.3, -0.25) is 5.43 Å². The Hall–Kier alpha value is -2.88. The van der Waals surface area contributed by atoms with E-state index in [1.165, 1.54) is 12.1 Å². The van der Waals surface area contributed by atoms with E-state index in [9.17, 15) is 13.2 Å². The van der Waals surface area contributed by atoms with E-state index in [1.807, 2.05) is 0 Å². The molecule has 0 radical (unpaired) electrons. The maximum Gasteiger partial charge on any atom is 0.416 e. The highest BCUT2D eigenvalue weighted by Gasteiger charge is 2.30. The van der Waals surface area contributed by atoms with Crippen LogP contribution in [0.25, 0.3) is 11.2 Å². The van der Waals surface area contributed by atoms with Gasteiger partial charge in [-0.1, -0.05) is 0 Å². The second-order valence-corrected chi connectivity index (χ2v) is 4.77. The summed E-state index contributed by atoms with van der Waals surface area (Å²) in [6.07, 6.45) is -2.82. The number of hydrogen-bond donors (Lipinski definition) is 3. The lowest BCUT2D eigenvalue weighted by atomic mass is 10.2. The number of halogens is 3. The number of anilines is 3. The molecule has 0 aliphatic rings. The Morgan fingerprint density at radius 3 is 2.43 bits per heavy atom. The molecule has 0 saturated heterocycles. The monoisotopic (exact) mass is 323 g/mol. The summed E-state index contributed by atoms with van der Waals surface area (Å²) in [5.41, 5.74) is 3.06. The highest BCUT2D eigenvalue weighted by Crippen LogP contribution is 2.31. The molecule has 4 N–H and O–H groups in total. The Labute approximate surface area is 128 Å². The summed E-state index contributed by atoms with van der Waals surface area (Å²) in [4.78, 5) is 12.5. The molecule has 0 spiro atoms. The van der Waals surface area contributed by atoms with Gasteiger partial charge in [0.15, 0.2) is 17.0 Å². The molecule has 0 bridgehead atoms. The van der Waals surface area contributed by atoms with Gasteiger partial charge in [0.25, 0.3) is 0 Å². The minimum atomic E-state index is -4.38. The van der Waals surface area contributed by atoms with Crippen molar-refractivity contribution in [1.29, 1.82) is 0 Å². The molecule has 3 rings (SSSR count). The number of hydrogen-bond acceptors (Lipinski definition) is 6. The van der Waals surface area contributed by atoms with Crippen LogP contribution in [0.3, 0.4) is 0 Å². The van der Waals surface area contributed by atoms with Gasteiger partial charge in [-0.15, -0.1) is 0 Å². The molecule has 0 fully saturated rings. The highest BCUT2D eigenvalue weighted by atomic mass is 19.4. The van der Waals surface area contributed by atoms with Crippen molar-refractivity contribution in [1.82, 2.24) is 19.5 Å². The zero-order chi connectivity index (χ0) is 16.6. The predicted molar refractivity (Wildman–Crippen MR) is 78.8 cm³/mol. The number of nitrogens with two attached hydrogens (primary N) is 1. The van der Waals surface area contributed by atoms with Crippen LogP contribution in [0.4, 0.5) is 30.6 Å². The maximum absolute atomic E-state index is 12.6. The zero-order valence-corrected chi connectivity index (χ0v) is 11.9. The third kappa shape index (κ3) is 2.88. The summed E-state index contributed by atoms with van der Waals surface area (Å²) in [7, 11) is 1.75. The Balaban J connectivity index is 1.98. The van der Waals surface area contributed by atoms with Gasteiger partial charge in [0, 0.05) is 12.7 Å². The van der Waals surface area contributed by atoms with Crippen LogP contribution in [-0.4, -0.2) is 19.5 Å². The van der Waals surface area contributed by atoms with E-state index in [-0.39, 0.29) is 5.95 Å². The first-order valence-corrected chi connectivity index (χ1v) is 6.48. The van der Waals surface area contributed by atoms with Crippen LogP contribution in [0.5, 0.6) is 0 Å². The molecule has 0 unspecified atom stereocenters. The average molecular weight is 323 g/mol. The summed E-state index contributed by atoms with van der Waals surface area (Å²) >= 11 is 0. The molecule has 2 aromatic heterocycles. The molecule has 0 saturated carbocycles. The van der Waals surface area contributed by atoms with Crippen molar-refractivity contribution in [2.75, 3.05) is 10.7 Å². The van der Waals surface area contributed by atoms with E-state index in [4.69, 9.17) is 5.84 Å². The predicted octanol–water partition coefficient (Wildman–Crippen LogP) is 2.41. The standard InChI is InChI=1S/C13H12F3N7/c1-23-6-18-9-10(20-12(22-17)21-11(9)23)19-8-4-2-7(3-5-8)13(14,15)16/h2-6H,17H2,1H3,(H2,19,20,21,22). The number of fused-ring (bicyclic) bond motifs is 1. The summed E-state index contributed by atoms with van der Waals surface area (Å²) in [5.74, 6) is 5.83. The Morgan fingerprint density at radius 2 is 1.83 bits per heavy atom. The minimum Gasteiger partial charge on any atom is -0.338 e. The molecule has 120 valence electrons. The summed E-state index contributed by atoms with van der Waals surface area (Å²) in [5, 5.41) is 2.92. The first kappa shape index (κ1) is 15.0. The number of imidazole rings is 1. The van der Waals surface area contributed by atoms with Gasteiger partial charge in [0.1, 0.15) is 0 Å². The largest absolute Gasteiger partial charge is 0.416 e. The SMILES string of the molecule is Cn1cnc2c(Nc3ccc(C(F)(F)F)cc3)nc(NN)nc21. The van der Waals surface area contributed by atoms with Crippen molar-refractivity contribution in [3.8, 4) is 0 Å². The summed E-state index contributed by atoms with van der Waals surface area (Å²) in [6.45, 7) is 0. The topological polar surface area (TPSA) is 93.7 Å². The Bertz CT molecular complexity index is 839. The fourth-order valence-corrected chi connectivity index (χ4v) is 2.04. The van der Waals surface area contributed by atoms with Crippen LogP contribution in [0, 0.1) is 0 Å². The fraction of sp³-hybridized carbons (Fsp3) is 0.154. The second-order valence-electron chi connectivity index (χ2n) is 4.77. The number of nitrogens with zero attached hydrogens (tertiary/aromatic N) is 4. The van der Waals surface area contributed by atoms with Crippen LogP contribution < -0.4 is 16.6 Å². The maximum atomic E-state index is 12.6.